The molecule has 3 heteroatoms. The molecule has 28 heavy (non-hydrogen) atoms. The molecule has 5 rings (SSSR count). The Labute approximate surface area is 170 Å². The van der Waals surface area contributed by atoms with Crippen molar-refractivity contribution in [1.29, 1.82) is 0 Å². The van der Waals surface area contributed by atoms with Crippen LogP contribution in [-0.4, -0.2) is 22.3 Å². The summed E-state index contributed by atoms with van der Waals surface area (Å²) in [5, 5.41) is 20.5. The molecule has 2 N–H and O–H groups in total. The van der Waals surface area contributed by atoms with E-state index in [1.807, 2.05) is 0 Å². The van der Waals surface area contributed by atoms with Crippen LogP contribution < -0.4 is 0 Å². The second-order valence-corrected chi connectivity index (χ2v) is 11.8. The molecule has 0 radical (unpaired) electrons. The minimum atomic E-state index is -0.650. The summed E-state index contributed by atoms with van der Waals surface area (Å²) >= 11 is 0. The maximum absolute atomic E-state index is 11.3. The minimum Gasteiger partial charge on any atom is -0.481 e. The summed E-state index contributed by atoms with van der Waals surface area (Å²) < 4.78 is 0. The predicted molar refractivity (Wildman–Crippen MR) is 110 cm³/mol. The molecule has 0 aromatic rings. The Kier molecular flexibility index (Phi) is 4.31. The molecule has 5 fully saturated rings. The molecular weight excluding hydrogens is 348 g/mol. The van der Waals surface area contributed by atoms with E-state index in [1.165, 1.54) is 51.4 Å². The van der Waals surface area contributed by atoms with Crippen molar-refractivity contribution in [3.8, 4) is 0 Å². The third kappa shape index (κ3) is 2.18. The number of aliphatic hydroxyl groups is 1. The summed E-state index contributed by atoms with van der Waals surface area (Å²) in [7, 11) is 0. The van der Waals surface area contributed by atoms with Crippen molar-refractivity contribution in [2.75, 3.05) is 0 Å². The van der Waals surface area contributed by atoms with Gasteiger partial charge in [0.1, 0.15) is 0 Å². The lowest BCUT2D eigenvalue weighted by Gasteiger charge is -2.60. The maximum atomic E-state index is 11.3. The summed E-state index contributed by atoms with van der Waals surface area (Å²) in [6.07, 6.45) is 12.7. The zero-order chi connectivity index (χ0) is 19.9. The highest BCUT2D eigenvalue weighted by Crippen LogP contribution is 2.88. The van der Waals surface area contributed by atoms with Crippen LogP contribution in [0.2, 0.25) is 0 Å². The van der Waals surface area contributed by atoms with Crippen molar-refractivity contribution < 1.29 is 15.0 Å². The molecule has 5 aliphatic rings. The van der Waals surface area contributed by atoms with Gasteiger partial charge in [-0.3, -0.25) is 4.79 Å². The quantitative estimate of drug-likeness (QED) is 0.668. The molecule has 3 nitrogen and oxygen atoms in total. The number of hydrogen-bond acceptors (Lipinski definition) is 2. The van der Waals surface area contributed by atoms with E-state index in [1.54, 1.807) is 0 Å². The molecule has 158 valence electrons. The minimum absolute atomic E-state index is 0.0960. The van der Waals surface area contributed by atoms with Gasteiger partial charge in [0.2, 0.25) is 0 Å². The third-order valence-corrected chi connectivity index (χ3v) is 11.6. The van der Waals surface area contributed by atoms with Gasteiger partial charge in [-0.2, -0.15) is 0 Å². The molecule has 10 atom stereocenters. The number of fused-ring (bicyclic) bond motifs is 4. The maximum Gasteiger partial charge on any atom is 0.303 e. The van der Waals surface area contributed by atoms with Gasteiger partial charge in [0, 0.05) is 6.42 Å². The van der Waals surface area contributed by atoms with Crippen LogP contribution in [0.15, 0.2) is 0 Å². The number of rotatable bonds is 4. The molecule has 0 heterocycles. The van der Waals surface area contributed by atoms with Gasteiger partial charge >= 0.3 is 5.97 Å². The topological polar surface area (TPSA) is 57.5 Å². The van der Waals surface area contributed by atoms with Gasteiger partial charge in [0.15, 0.2) is 0 Å². The first-order chi connectivity index (χ1) is 13.3. The van der Waals surface area contributed by atoms with Crippen LogP contribution in [0.25, 0.3) is 0 Å². The van der Waals surface area contributed by atoms with Gasteiger partial charge in [0.05, 0.1) is 6.10 Å². The van der Waals surface area contributed by atoms with Crippen molar-refractivity contribution in [2.45, 2.75) is 97.5 Å². The Balaban J connectivity index is 1.43. The lowest BCUT2D eigenvalue weighted by atomic mass is 9.45. The number of hydrogen-bond donors (Lipinski definition) is 2. The molecule has 1 spiro atoms. The van der Waals surface area contributed by atoms with Gasteiger partial charge < -0.3 is 10.2 Å². The smallest absolute Gasteiger partial charge is 0.303 e. The summed E-state index contributed by atoms with van der Waals surface area (Å²) in [5.41, 5.74) is 1.23. The van der Waals surface area contributed by atoms with Gasteiger partial charge in [-0.1, -0.05) is 33.6 Å². The largest absolute Gasteiger partial charge is 0.481 e. The highest BCUT2D eigenvalue weighted by atomic mass is 16.4. The average Bonchev–Trinajstić information content (AvgIpc) is 2.99. The zero-order valence-corrected chi connectivity index (χ0v) is 18.1. The Morgan fingerprint density at radius 1 is 1.11 bits per heavy atom. The lowest BCUT2D eigenvalue weighted by molar-refractivity contribution is -0.152. The van der Waals surface area contributed by atoms with E-state index in [4.69, 9.17) is 0 Å². The van der Waals surface area contributed by atoms with Crippen molar-refractivity contribution in [2.24, 2.45) is 51.8 Å². The van der Waals surface area contributed by atoms with E-state index in [2.05, 4.69) is 20.8 Å². The van der Waals surface area contributed by atoms with E-state index in [-0.39, 0.29) is 6.10 Å². The van der Waals surface area contributed by atoms with E-state index in [0.29, 0.717) is 46.3 Å². The molecular formula is C25H40O3. The Morgan fingerprint density at radius 2 is 1.86 bits per heavy atom. The molecule has 0 aromatic heterocycles. The number of carboxylic acid groups (broad SMARTS) is 1. The standard InChI is InChI=1S/C25H40O3/c1-15(7-8-21(27)28)24-12-10-19-22-18(9-13-25(19,24)16(24)2)23(3)11-5-4-6-17(23)14-20(22)26/h15-20,22,26H,4-14H2,1-3H3,(H,27,28)/t15?,16?,17?,18?,19?,20-,22?,23?,24?,25?/m1/s1. The van der Waals surface area contributed by atoms with Crippen molar-refractivity contribution in [1.82, 2.24) is 0 Å². The normalized spacial score (nSPS) is 55.4. The second-order valence-electron chi connectivity index (χ2n) is 11.8. The van der Waals surface area contributed by atoms with Crippen molar-refractivity contribution in [3.05, 3.63) is 0 Å². The zero-order valence-electron chi connectivity index (χ0n) is 18.1. The first kappa shape index (κ1) is 19.4. The molecule has 0 amide bonds. The molecule has 0 bridgehead atoms. The lowest BCUT2D eigenvalue weighted by Crippen LogP contribution is -2.56. The molecule has 0 aromatic carbocycles. The summed E-state index contributed by atoms with van der Waals surface area (Å²) in [6, 6.07) is 0. The highest BCUT2D eigenvalue weighted by molar-refractivity contribution is 5.66. The van der Waals surface area contributed by atoms with Crippen molar-refractivity contribution in [3.63, 3.8) is 0 Å². The van der Waals surface area contributed by atoms with E-state index >= 15 is 0 Å². The molecule has 0 saturated heterocycles. The van der Waals surface area contributed by atoms with Crippen LogP contribution in [0.5, 0.6) is 0 Å². The SMILES string of the molecule is CC(CCC(=O)O)C12CCC3C4C(CCC31C2C)C1(C)CCCCC1C[C@H]4O. The summed E-state index contributed by atoms with van der Waals surface area (Å²) in [6.45, 7) is 7.37. The van der Waals surface area contributed by atoms with Gasteiger partial charge in [0.25, 0.3) is 0 Å². The Morgan fingerprint density at radius 3 is 2.61 bits per heavy atom. The average molecular weight is 389 g/mol. The van der Waals surface area contributed by atoms with Crippen LogP contribution in [0.4, 0.5) is 0 Å². The van der Waals surface area contributed by atoms with E-state index in [9.17, 15) is 15.0 Å². The fourth-order valence-corrected chi connectivity index (χ4v) is 10.5. The van der Waals surface area contributed by atoms with Gasteiger partial charge in [-0.15, -0.1) is 0 Å². The fraction of sp³-hybridized carbons (Fsp3) is 0.960. The Bertz CT molecular complexity index is 660. The van der Waals surface area contributed by atoms with Crippen LogP contribution in [0.3, 0.4) is 0 Å². The van der Waals surface area contributed by atoms with Crippen molar-refractivity contribution >= 4 is 5.97 Å². The fourth-order valence-electron chi connectivity index (χ4n) is 10.5. The summed E-state index contributed by atoms with van der Waals surface area (Å²) in [4.78, 5) is 11.2. The third-order valence-electron chi connectivity index (χ3n) is 11.6. The van der Waals surface area contributed by atoms with Crippen LogP contribution in [0, 0.1) is 51.8 Å². The van der Waals surface area contributed by atoms with Gasteiger partial charge in [-0.25, -0.2) is 0 Å². The predicted octanol–water partition coefficient (Wildman–Crippen LogP) is 5.51. The van der Waals surface area contributed by atoms with E-state index < -0.39 is 5.97 Å². The number of aliphatic hydroxyl groups excluding tert-OH is 1. The molecule has 9 unspecified atom stereocenters. The van der Waals surface area contributed by atoms with E-state index in [0.717, 1.165) is 24.7 Å². The number of carboxylic acids is 1. The molecule has 5 saturated carbocycles. The highest BCUT2D eigenvalue weighted by Gasteiger charge is 2.82. The summed E-state index contributed by atoms with van der Waals surface area (Å²) in [5.74, 6) is 3.21. The second kappa shape index (κ2) is 6.22. The first-order valence-corrected chi connectivity index (χ1v) is 12.2. The van der Waals surface area contributed by atoms with Gasteiger partial charge in [-0.05, 0) is 103 Å². The first-order valence-electron chi connectivity index (χ1n) is 12.2. The number of aliphatic carboxylic acids is 1. The molecule has 0 aliphatic heterocycles. The van der Waals surface area contributed by atoms with Crippen LogP contribution >= 0.6 is 0 Å². The monoisotopic (exact) mass is 388 g/mol. The van der Waals surface area contributed by atoms with Crippen LogP contribution in [-0.2, 0) is 4.79 Å². The molecule has 5 aliphatic carbocycles. The van der Waals surface area contributed by atoms with Crippen LogP contribution in [0.1, 0.15) is 91.4 Å². The Hall–Kier alpha value is -0.570. The number of carbonyl (C=O) groups is 1.